The Hall–Kier alpha value is -4.27. The first-order chi connectivity index (χ1) is 21.6. The fourth-order valence-electron chi connectivity index (χ4n) is 4.93. The molecule has 3 amide bonds. The molecule has 3 aromatic rings. The van der Waals surface area contributed by atoms with Gasteiger partial charge in [-0.25, -0.2) is 0 Å². The number of ether oxygens (including phenoxy) is 1. The van der Waals surface area contributed by atoms with Crippen molar-refractivity contribution in [3.05, 3.63) is 102 Å². The molecule has 0 aliphatic carbocycles. The summed E-state index contributed by atoms with van der Waals surface area (Å²) in [4.78, 5) is 65.4. The lowest BCUT2D eigenvalue weighted by molar-refractivity contribution is -0.143. The maximum absolute atomic E-state index is 14.1. The van der Waals surface area contributed by atoms with Gasteiger partial charge in [0.05, 0.1) is 19.4 Å². The van der Waals surface area contributed by atoms with E-state index in [9.17, 15) is 28.6 Å². The summed E-state index contributed by atoms with van der Waals surface area (Å²) in [6.07, 6.45) is 0.561. The van der Waals surface area contributed by atoms with E-state index in [4.69, 9.17) is 4.74 Å². The average molecular weight is 636 g/mol. The molecule has 10 nitrogen and oxygen atoms in total. The third-order valence-electron chi connectivity index (χ3n) is 7.24. The Morgan fingerprint density at radius 3 is 2.07 bits per heavy atom. The summed E-state index contributed by atoms with van der Waals surface area (Å²) in [5, 5.41) is 5.40. The van der Waals surface area contributed by atoms with E-state index in [1.54, 1.807) is 77.7 Å². The van der Waals surface area contributed by atoms with Crippen molar-refractivity contribution < 1.29 is 33.4 Å². The molecule has 240 valence electrons. The second-order valence-corrected chi connectivity index (χ2v) is 13.3. The number of carbonyl (C=O) groups excluding carboxylic acids is 4. The second kappa shape index (κ2) is 17.3. The summed E-state index contributed by atoms with van der Waals surface area (Å²) >= 11 is 0. The number of benzene rings is 3. The van der Waals surface area contributed by atoms with Crippen LogP contribution in [0.2, 0.25) is 0 Å². The van der Waals surface area contributed by atoms with Crippen molar-refractivity contribution in [2.24, 2.45) is 5.92 Å². The number of amides is 3. The molecule has 0 radical (unpaired) electrons. The molecule has 0 aliphatic heterocycles. The van der Waals surface area contributed by atoms with Gasteiger partial charge in [0.25, 0.3) is 11.8 Å². The molecule has 0 aromatic heterocycles. The van der Waals surface area contributed by atoms with Gasteiger partial charge in [-0.05, 0) is 48.7 Å². The lowest BCUT2D eigenvalue weighted by Crippen LogP contribution is -2.39. The van der Waals surface area contributed by atoms with Crippen LogP contribution in [0.3, 0.4) is 0 Å². The molecule has 0 spiro atoms. The van der Waals surface area contributed by atoms with E-state index in [0.717, 1.165) is 12.8 Å². The Morgan fingerprint density at radius 1 is 0.867 bits per heavy atom. The van der Waals surface area contributed by atoms with Crippen molar-refractivity contribution in [3.8, 4) is 0 Å². The normalized spacial score (nSPS) is 13.5. The predicted molar refractivity (Wildman–Crippen MR) is 174 cm³/mol. The first-order valence-corrected chi connectivity index (χ1v) is 17.0. The van der Waals surface area contributed by atoms with E-state index in [1.807, 2.05) is 13.8 Å². The maximum Gasteiger partial charge on any atom is 0.306 e. The minimum Gasteiger partial charge on any atom is -0.469 e. The molecule has 0 saturated carbocycles. The third-order valence-corrected chi connectivity index (χ3v) is 9.49. The number of para-hydroxylation sites is 1. The van der Waals surface area contributed by atoms with Gasteiger partial charge in [0.1, 0.15) is 5.78 Å². The Morgan fingerprint density at radius 2 is 1.47 bits per heavy atom. The van der Waals surface area contributed by atoms with Crippen LogP contribution in [0.1, 0.15) is 59.4 Å². The van der Waals surface area contributed by atoms with Crippen LogP contribution >= 0.6 is 7.37 Å². The average Bonchev–Trinajstić information content (AvgIpc) is 3.04. The number of anilines is 1. The zero-order chi connectivity index (χ0) is 32.8. The predicted octanol–water partition coefficient (Wildman–Crippen LogP) is 5.34. The third kappa shape index (κ3) is 10.7. The lowest BCUT2D eigenvalue weighted by atomic mass is 10.1. The van der Waals surface area contributed by atoms with Gasteiger partial charge >= 0.3 is 5.97 Å². The fraction of sp³-hybridized carbons (Fsp3) is 0.353. The minimum atomic E-state index is -4.36. The highest BCUT2D eigenvalue weighted by Crippen LogP contribution is 2.49. The van der Waals surface area contributed by atoms with Crippen LogP contribution in [-0.4, -0.2) is 65.6 Å². The molecule has 3 unspecified atom stereocenters. The molecule has 11 heteroatoms. The van der Waals surface area contributed by atoms with Crippen LogP contribution in [0.25, 0.3) is 0 Å². The molecule has 0 saturated heterocycles. The zero-order valence-corrected chi connectivity index (χ0v) is 26.9. The van der Waals surface area contributed by atoms with Gasteiger partial charge in [-0.3, -0.25) is 23.7 Å². The summed E-state index contributed by atoms with van der Waals surface area (Å²) in [6.45, 7) is 5.14. The summed E-state index contributed by atoms with van der Waals surface area (Å²) in [7, 11) is -3.19. The summed E-state index contributed by atoms with van der Waals surface area (Å²) in [5.74, 6) is -4.69. The molecule has 0 fully saturated rings. The number of esters is 1. The Labute approximate surface area is 264 Å². The van der Waals surface area contributed by atoms with Crippen LogP contribution in [0.5, 0.6) is 0 Å². The Bertz CT molecular complexity index is 1480. The highest BCUT2D eigenvalue weighted by atomic mass is 31.2. The summed E-state index contributed by atoms with van der Waals surface area (Å²) < 4.78 is 18.8. The molecule has 3 N–H and O–H groups in total. The number of hydrogen-bond acceptors (Lipinski definition) is 6. The maximum atomic E-state index is 14.1. The Kier molecular flexibility index (Phi) is 13.5. The van der Waals surface area contributed by atoms with Gasteiger partial charge in [0.15, 0.2) is 0 Å². The molecule has 3 atom stereocenters. The van der Waals surface area contributed by atoms with Crippen LogP contribution in [0.4, 0.5) is 5.69 Å². The van der Waals surface area contributed by atoms with Gasteiger partial charge in [-0.15, -0.1) is 0 Å². The second-order valence-electron chi connectivity index (χ2n) is 10.8. The van der Waals surface area contributed by atoms with E-state index in [2.05, 4.69) is 10.6 Å². The fourth-order valence-corrected chi connectivity index (χ4v) is 6.93. The highest BCUT2D eigenvalue weighted by Gasteiger charge is 2.38. The summed E-state index contributed by atoms with van der Waals surface area (Å²) in [6, 6.07) is 23.7. The van der Waals surface area contributed by atoms with Gasteiger partial charge in [-0.1, -0.05) is 68.4 Å². The monoisotopic (exact) mass is 635 g/mol. The van der Waals surface area contributed by atoms with E-state index in [-0.39, 0.29) is 17.9 Å². The van der Waals surface area contributed by atoms with E-state index in [1.165, 1.54) is 19.2 Å². The topological polar surface area (TPSA) is 142 Å². The van der Waals surface area contributed by atoms with E-state index >= 15 is 0 Å². The molecular weight excluding hydrogens is 593 g/mol. The van der Waals surface area contributed by atoms with Gasteiger partial charge < -0.3 is 25.2 Å². The van der Waals surface area contributed by atoms with Crippen molar-refractivity contribution >= 4 is 36.7 Å². The first-order valence-electron chi connectivity index (χ1n) is 15.1. The van der Waals surface area contributed by atoms with Crippen molar-refractivity contribution in [1.29, 1.82) is 0 Å². The number of nitrogens with one attached hydrogen (secondary N) is 2. The number of nitrogens with zero attached hydrogens (tertiary/aromatic N) is 1. The van der Waals surface area contributed by atoms with Crippen LogP contribution in [-0.2, 0) is 25.3 Å². The smallest absolute Gasteiger partial charge is 0.306 e. The summed E-state index contributed by atoms with van der Waals surface area (Å²) in [5.41, 5.74) is 1.64. The molecule has 0 bridgehead atoms. The quantitative estimate of drug-likeness (QED) is 0.143. The van der Waals surface area contributed by atoms with Crippen molar-refractivity contribution in [1.82, 2.24) is 10.2 Å². The standard InChI is InChI=1S/C34H42N3O7P/c1-4-19-37(20-5-2)34(41)27-16-12-15-26(22-27)32(39)36-30(21-25-13-8-6-9-14-25)45(42,43)24-28(23-31(38)44-3)33(40)35-29-17-10-7-11-18-29/h6-18,22,28,30H,4-5,19-21,23-24H2,1-3H3,(H,35,40)(H,36,39)(H,42,43). The van der Waals surface area contributed by atoms with Crippen LogP contribution in [0, 0.1) is 5.92 Å². The Balaban J connectivity index is 1.90. The highest BCUT2D eigenvalue weighted by molar-refractivity contribution is 7.58. The number of hydrogen-bond donors (Lipinski definition) is 3. The van der Waals surface area contributed by atoms with Crippen LogP contribution in [0.15, 0.2) is 84.9 Å². The van der Waals surface area contributed by atoms with E-state index in [0.29, 0.717) is 29.9 Å². The van der Waals surface area contributed by atoms with Crippen molar-refractivity contribution in [3.63, 3.8) is 0 Å². The SMILES string of the molecule is CCCN(CCC)C(=O)c1cccc(C(=O)NC(Cc2ccccc2)P(=O)(O)CC(CC(=O)OC)C(=O)Nc2ccccc2)c1. The zero-order valence-electron chi connectivity index (χ0n) is 26.0. The molecule has 3 rings (SSSR count). The minimum absolute atomic E-state index is 0.00892. The first kappa shape index (κ1) is 35.2. The largest absolute Gasteiger partial charge is 0.469 e. The molecule has 45 heavy (non-hydrogen) atoms. The van der Waals surface area contributed by atoms with Gasteiger partial charge in [0.2, 0.25) is 13.3 Å². The van der Waals surface area contributed by atoms with Gasteiger partial charge in [0, 0.05) is 42.5 Å². The van der Waals surface area contributed by atoms with E-state index < -0.39 is 49.4 Å². The molecule has 3 aromatic carbocycles. The number of rotatable bonds is 16. The molecular formula is C34H42N3O7P. The number of carbonyl (C=O) groups is 4. The van der Waals surface area contributed by atoms with Crippen molar-refractivity contribution in [2.75, 3.05) is 31.7 Å². The lowest BCUT2D eigenvalue weighted by Gasteiger charge is -2.27. The van der Waals surface area contributed by atoms with Gasteiger partial charge in [-0.2, -0.15) is 0 Å². The van der Waals surface area contributed by atoms with Crippen LogP contribution < -0.4 is 10.6 Å². The molecule has 0 heterocycles. The van der Waals surface area contributed by atoms with Crippen molar-refractivity contribution in [2.45, 2.75) is 45.3 Å². The number of methoxy groups -OCH3 is 1. The molecule has 0 aliphatic rings.